The summed E-state index contributed by atoms with van der Waals surface area (Å²) in [5.74, 6) is -0.0157. The lowest BCUT2D eigenvalue weighted by molar-refractivity contribution is -0.124. The summed E-state index contributed by atoms with van der Waals surface area (Å²) in [7, 11) is 0. The van der Waals surface area contributed by atoms with Crippen LogP contribution in [0.4, 0.5) is 16.2 Å². The minimum Gasteiger partial charge on any atom is -0.494 e. The highest BCUT2D eigenvalue weighted by atomic mass is 35.5. The minimum atomic E-state index is -0.907. The Bertz CT molecular complexity index is 1250. The van der Waals surface area contributed by atoms with Gasteiger partial charge in [0.2, 0.25) is 5.91 Å². The molecule has 0 bridgehead atoms. The summed E-state index contributed by atoms with van der Waals surface area (Å²) in [5.41, 5.74) is 2.06. The van der Waals surface area contributed by atoms with Crippen LogP contribution >= 0.6 is 11.6 Å². The molecular weight excluding hydrogens is 514 g/mol. The van der Waals surface area contributed by atoms with Crippen molar-refractivity contribution in [2.45, 2.75) is 51.5 Å². The molecule has 7 nitrogen and oxygen atoms in total. The van der Waals surface area contributed by atoms with Gasteiger partial charge in [0, 0.05) is 17.3 Å². The maximum atomic E-state index is 13.4. The number of carbonyl (C=O) groups excluding carboxylic acids is 3. The largest absolute Gasteiger partial charge is 0.494 e. The molecule has 1 atom stereocenters. The monoisotopic (exact) mass is 547 g/mol. The van der Waals surface area contributed by atoms with Crippen molar-refractivity contribution in [1.29, 1.82) is 0 Å². The van der Waals surface area contributed by atoms with E-state index in [1.165, 1.54) is 17.7 Å². The number of nitrogens with one attached hydrogen (secondary N) is 1. The molecule has 1 heterocycles. The molecule has 0 aromatic heterocycles. The highest BCUT2D eigenvalue weighted by molar-refractivity contribution is 6.30. The molecule has 0 aliphatic carbocycles. The Balaban J connectivity index is 1.41. The molecule has 4 rings (SSSR count). The van der Waals surface area contributed by atoms with E-state index in [-0.39, 0.29) is 18.9 Å². The van der Waals surface area contributed by atoms with Crippen molar-refractivity contribution in [1.82, 2.24) is 4.90 Å². The van der Waals surface area contributed by atoms with E-state index in [1.807, 2.05) is 30.3 Å². The van der Waals surface area contributed by atoms with E-state index in [2.05, 4.69) is 12.2 Å². The van der Waals surface area contributed by atoms with Crippen LogP contribution in [0.5, 0.6) is 5.75 Å². The van der Waals surface area contributed by atoms with Crippen molar-refractivity contribution in [3.8, 4) is 5.75 Å². The fourth-order valence-electron chi connectivity index (χ4n) is 4.54. The van der Waals surface area contributed by atoms with Gasteiger partial charge in [-0.25, -0.2) is 9.69 Å². The molecule has 1 N–H and O–H groups in total. The molecule has 3 aromatic carbocycles. The Kier molecular flexibility index (Phi) is 9.97. The lowest BCUT2D eigenvalue weighted by Gasteiger charge is -2.21. The quantitative estimate of drug-likeness (QED) is 0.190. The zero-order valence-electron chi connectivity index (χ0n) is 22.1. The van der Waals surface area contributed by atoms with Crippen LogP contribution in [0.25, 0.3) is 0 Å². The number of hydrogen-bond acceptors (Lipinski definition) is 4. The van der Waals surface area contributed by atoms with E-state index in [4.69, 9.17) is 16.3 Å². The van der Waals surface area contributed by atoms with E-state index in [1.54, 1.807) is 48.5 Å². The van der Waals surface area contributed by atoms with Crippen LogP contribution in [-0.2, 0) is 16.0 Å². The van der Waals surface area contributed by atoms with Gasteiger partial charge in [-0.15, -0.1) is 0 Å². The first-order valence-corrected chi connectivity index (χ1v) is 13.8. The highest BCUT2D eigenvalue weighted by Gasteiger charge is 2.46. The summed E-state index contributed by atoms with van der Waals surface area (Å²) < 4.78 is 5.77. The number of nitrogens with zero attached hydrogens (tertiary/aromatic N) is 2. The van der Waals surface area contributed by atoms with E-state index in [9.17, 15) is 14.4 Å². The summed E-state index contributed by atoms with van der Waals surface area (Å²) in [6.07, 6.45) is 4.91. The number of amides is 4. The van der Waals surface area contributed by atoms with E-state index in [0.717, 1.165) is 29.1 Å². The van der Waals surface area contributed by atoms with Gasteiger partial charge in [0.1, 0.15) is 11.8 Å². The number of halogens is 1. The molecule has 1 fully saturated rings. The number of unbranched alkanes of at least 4 members (excludes halogenated alkanes) is 3. The van der Waals surface area contributed by atoms with Gasteiger partial charge in [-0.3, -0.25) is 9.59 Å². The molecular formula is C31H34ClN3O4. The van der Waals surface area contributed by atoms with Crippen molar-refractivity contribution < 1.29 is 19.1 Å². The lowest BCUT2D eigenvalue weighted by Crippen LogP contribution is -2.39. The molecule has 0 saturated carbocycles. The molecule has 39 heavy (non-hydrogen) atoms. The Hall–Kier alpha value is -3.84. The van der Waals surface area contributed by atoms with Crippen LogP contribution in [0.3, 0.4) is 0 Å². The summed E-state index contributed by atoms with van der Waals surface area (Å²) in [4.78, 5) is 42.5. The molecule has 0 unspecified atom stereocenters. The second kappa shape index (κ2) is 13.8. The minimum absolute atomic E-state index is 0.149. The fourth-order valence-corrected chi connectivity index (χ4v) is 4.67. The fraction of sp³-hybridized carbons (Fsp3) is 0.323. The summed E-state index contributed by atoms with van der Waals surface area (Å²) in [5, 5.41) is 3.48. The Labute approximate surface area is 234 Å². The number of carbonyl (C=O) groups is 3. The zero-order valence-corrected chi connectivity index (χ0v) is 22.9. The van der Waals surface area contributed by atoms with E-state index in [0.29, 0.717) is 29.4 Å². The molecule has 1 saturated heterocycles. The molecule has 4 amide bonds. The van der Waals surface area contributed by atoms with Gasteiger partial charge >= 0.3 is 6.03 Å². The number of para-hydroxylation sites is 1. The van der Waals surface area contributed by atoms with Crippen LogP contribution in [0.15, 0.2) is 78.9 Å². The molecule has 0 radical (unpaired) electrons. The van der Waals surface area contributed by atoms with Gasteiger partial charge in [-0.05, 0) is 66.9 Å². The molecule has 8 heteroatoms. The SMILES string of the molecule is CCCCCCOc1ccc(NC(=O)C[C@H]2C(=O)N(c3ccccc3)C(=O)N2CCc2ccc(Cl)cc2)cc1. The third-order valence-corrected chi connectivity index (χ3v) is 6.92. The maximum Gasteiger partial charge on any atom is 0.332 e. The predicted octanol–water partition coefficient (Wildman–Crippen LogP) is 6.71. The van der Waals surface area contributed by atoms with Crippen molar-refractivity contribution in [3.63, 3.8) is 0 Å². The van der Waals surface area contributed by atoms with Gasteiger partial charge in [-0.1, -0.05) is 68.1 Å². The van der Waals surface area contributed by atoms with Gasteiger partial charge in [-0.2, -0.15) is 0 Å². The van der Waals surface area contributed by atoms with Crippen molar-refractivity contribution in [2.75, 3.05) is 23.4 Å². The average Bonchev–Trinajstić information content (AvgIpc) is 3.17. The number of rotatable bonds is 13. The van der Waals surface area contributed by atoms with Crippen LogP contribution in [0.2, 0.25) is 5.02 Å². The van der Waals surface area contributed by atoms with Crippen molar-refractivity contribution in [3.05, 3.63) is 89.4 Å². The number of urea groups is 1. The molecule has 204 valence electrons. The number of benzene rings is 3. The number of imide groups is 1. The van der Waals surface area contributed by atoms with Crippen LogP contribution in [0.1, 0.15) is 44.6 Å². The number of ether oxygens (including phenoxy) is 1. The van der Waals surface area contributed by atoms with Crippen molar-refractivity contribution >= 4 is 40.8 Å². The number of hydrogen-bond donors (Lipinski definition) is 1. The van der Waals surface area contributed by atoms with Crippen LogP contribution in [0, 0.1) is 0 Å². The lowest BCUT2D eigenvalue weighted by atomic mass is 10.1. The standard InChI is InChI=1S/C31H34ClN3O4/c1-2-3-4-8-21-39-27-17-15-25(16-18-27)33-29(36)22-28-30(37)35(26-9-6-5-7-10-26)31(38)34(28)20-19-23-11-13-24(32)14-12-23/h5-7,9-18,28H,2-4,8,19-22H2,1H3,(H,33,36)/t28-/m0/s1. The molecule has 1 aliphatic rings. The predicted molar refractivity (Wildman–Crippen MR) is 154 cm³/mol. The Morgan fingerprint density at radius 2 is 1.64 bits per heavy atom. The van der Waals surface area contributed by atoms with Crippen molar-refractivity contribution in [2.24, 2.45) is 0 Å². The normalized spacial score (nSPS) is 15.1. The van der Waals surface area contributed by atoms with Crippen LogP contribution < -0.4 is 15.0 Å². The van der Waals surface area contributed by atoms with Gasteiger partial charge < -0.3 is 15.0 Å². The first-order chi connectivity index (χ1) is 19.0. The topological polar surface area (TPSA) is 79.0 Å². The second-order valence-corrected chi connectivity index (χ2v) is 10.00. The molecule has 0 spiro atoms. The number of anilines is 2. The third kappa shape index (κ3) is 7.60. The third-order valence-electron chi connectivity index (χ3n) is 6.67. The highest BCUT2D eigenvalue weighted by Crippen LogP contribution is 2.27. The van der Waals surface area contributed by atoms with Gasteiger partial charge in [0.05, 0.1) is 18.7 Å². The molecule has 1 aliphatic heterocycles. The summed E-state index contributed by atoms with van der Waals surface area (Å²) >= 11 is 6.00. The smallest absolute Gasteiger partial charge is 0.332 e. The van der Waals surface area contributed by atoms with Gasteiger partial charge in [0.25, 0.3) is 5.91 Å². The Morgan fingerprint density at radius 3 is 2.33 bits per heavy atom. The summed E-state index contributed by atoms with van der Waals surface area (Å²) in [6.45, 7) is 3.12. The maximum absolute atomic E-state index is 13.4. The Morgan fingerprint density at radius 1 is 0.923 bits per heavy atom. The first-order valence-electron chi connectivity index (χ1n) is 13.4. The van der Waals surface area contributed by atoms with Crippen LogP contribution in [-0.4, -0.2) is 41.9 Å². The molecule has 3 aromatic rings. The zero-order chi connectivity index (χ0) is 27.6. The average molecular weight is 548 g/mol. The van der Waals surface area contributed by atoms with E-state index < -0.39 is 18.0 Å². The second-order valence-electron chi connectivity index (χ2n) is 9.56. The summed E-state index contributed by atoms with van der Waals surface area (Å²) in [6, 6.07) is 22.0. The first kappa shape index (κ1) is 28.2. The van der Waals surface area contributed by atoms with E-state index >= 15 is 0 Å². The van der Waals surface area contributed by atoms with Gasteiger partial charge in [0.15, 0.2) is 0 Å².